The molecule has 0 aromatic heterocycles. The molecule has 1 aliphatic rings. The lowest BCUT2D eigenvalue weighted by atomic mass is 10.2. The van der Waals surface area contributed by atoms with Crippen molar-refractivity contribution in [3.05, 3.63) is 59.9 Å². The zero-order chi connectivity index (χ0) is 21.7. The molecule has 0 bridgehead atoms. The van der Waals surface area contributed by atoms with Gasteiger partial charge in [0, 0.05) is 50.4 Å². The second-order valence-electron chi connectivity index (χ2n) is 7.07. The van der Waals surface area contributed by atoms with Crippen molar-refractivity contribution in [2.75, 3.05) is 37.6 Å². The van der Waals surface area contributed by atoms with Crippen molar-refractivity contribution < 1.29 is 22.4 Å². The number of piperazine rings is 1. The molecule has 0 saturated carbocycles. The summed E-state index contributed by atoms with van der Waals surface area (Å²) in [7, 11) is -3.75. The van der Waals surface area contributed by atoms with Gasteiger partial charge < -0.3 is 9.80 Å². The van der Waals surface area contributed by atoms with Crippen molar-refractivity contribution in [2.45, 2.75) is 18.2 Å². The molecule has 1 N–H and O–H groups in total. The highest BCUT2D eigenvalue weighted by Crippen LogP contribution is 2.17. The van der Waals surface area contributed by atoms with Gasteiger partial charge in [-0.25, -0.2) is 17.5 Å². The molecule has 0 atom stereocenters. The van der Waals surface area contributed by atoms with Crippen molar-refractivity contribution in [3.63, 3.8) is 0 Å². The van der Waals surface area contributed by atoms with E-state index in [0.29, 0.717) is 31.7 Å². The van der Waals surface area contributed by atoms with Crippen molar-refractivity contribution in [2.24, 2.45) is 0 Å². The lowest BCUT2D eigenvalue weighted by Crippen LogP contribution is -2.49. The standard InChI is InChI=1S/C21H24FN3O4S/c1-16(26)17-2-8-20(9-3-17)30(28,29)23-11-10-21(27)25-14-12-24(13-15-25)19-6-4-18(22)5-7-19/h2-9,23H,10-15H2,1H3. The molecule has 7 nitrogen and oxygen atoms in total. The summed E-state index contributed by atoms with van der Waals surface area (Å²) in [6.45, 7) is 3.71. The first kappa shape index (κ1) is 21.9. The van der Waals surface area contributed by atoms with Gasteiger partial charge in [-0.05, 0) is 43.3 Å². The minimum Gasteiger partial charge on any atom is -0.368 e. The first-order chi connectivity index (χ1) is 14.3. The molecule has 9 heteroatoms. The molecule has 160 valence electrons. The smallest absolute Gasteiger partial charge is 0.240 e. The Balaban J connectivity index is 1.46. The number of benzene rings is 2. The molecule has 30 heavy (non-hydrogen) atoms. The van der Waals surface area contributed by atoms with E-state index in [4.69, 9.17) is 0 Å². The topological polar surface area (TPSA) is 86.8 Å². The van der Waals surface area contributed by atoms with Crippen molar-refractivity contribution in [3.8, 4) is 0 Å². The molecule has 1 fully saturated rings. The highest BCUT2D eigenvalue weighted by Gasteiger charge is 2.22. The number of nitrogens with zero attached hydrogens (tertiary/aromatic N) is 2. The molecule has 2 aromatic rings. The van der Waals surface area contributed by atoms with Crippen LogP contribution in [0, 0.1) is 5.82 Å². The minimum atomic E-state index is -3.75. The summed E-state index contributed by atoms with van der Waals surface area (Å²) in [5.74, 6) is -0.551. The summed E-state index contributed by atoms with van der Waals surface area (Å²) in [4.78, 5) is 27.5. The molecule has 1 aliphatic heterocycles. The predicted molar refractivity (Wildman–Crippen MR) is 111 cm³/mol. The predicted octanol–water partition coefficient (Wildman–Crippen LogP) is 2.05. The number of hydrogen-bond donors (Lipinski definition) is 1. The maximum atomic E-state index is 13.0. The Kier molecular flexibility index (Phi) is 6.84. The molecular formula is C21H24FN3O4S. The number of carbonyl (C=O) groups is 2. The fourth-order valence-electron chi connectivity index (χ4n) is 3.27. The lowest BCUT2D eigenvalue weighted by Gasteiger charge is -2.36. The van der Waals surface area contributed by atoms with Crippen molar-refractivity contribution in [1.29, 1.82) is 0 Å². The van der Waals surface area contributed by atoms with Crippen molar-refractivity contribution in [1.82, 2.24) is 9.62 Å². The number of ketones is 1. The quantitative estimate of drug-likeness (QED) is 0.676. The maximum absolute atomic E-state index is 13.0. The molecule has 2 aromatic carbocycles. The second-order valence-corrected chi connectivity index (χ2v) is 8.84. The average Bonchev–Trinajstić information content (AvgIpc) is 2.74. The third kappa shape index (κ3) is 5.43. The molecule has 0 radical (unpaired) electrons. The Bertz CT molecular complexity index is 1000. The van der Waals surface area contributed by atoms with E-state index in [1.807, 2.05) is 0 Å². The number of hydrogen-bond acceptors (Lipinski definition) is 5. The van der Waals surface area contributed by atoms with E-state index >= 15 is 0 Å². The van der Waals surface area contributed by atoms with E-state index in [9.17, 15) is 22.4 Å². The third-order valence-electron chi connectivity index (χ3n) is 5.03. The van der Waals surface area contributed by atoms with Crippen LogP contribution in [0.2, 0.25) is 0 Å². The van der Waals surface area contributed by atoms with Crippen LogP contribution >= 0.6 is 0 Å². The van der Waals surface area contributed by atoms with Crippen LogP contribution in [0.15, 0.2) is 53.4 Å². The van der Waals surface area contributed by atoms with Crippen molar-refractivity contribution >= 4 is 27.4 Å². The van der Waals surface area contributed by atoms with Gasteiger partial charge in [0.15, 0.2) is 5.78 Å². The summed E-state index contributed by atoms with van der Waals surface area (Å²) in [5, 5.41) is 0. The molecule has 1 saturated heterocycles. The first-order valence-electron chi connectivity index (χ1n) is 9.65. The summed E-state index contributed by atoms with van der Waals surface area (Å²) >= 11 is 0. The van der Waals surface area contributed by atoms with E-state index in [1.165, 1.54) is 43.3 Å². The molecule has 0 spiro atoms. The summed E-state index contributed by atoms with van der Waals surface area (Å²) in [6.07, 6.45) is 0.0569. The van der Waals surface area contributed by atoms with Gasteiger partial charge in [-0.1, -0.05) is 12.1 Å². The molecule has 1 amide bonds. The largest absolute Gasteiger partial charge is 0.368 e. The van der Waals surface area contributed by atoms with Gasteiger partial charge in [-0.2, -0.15) is 0 Å². The number of rotatable bonds is 7. The normalized spacial score (nSPS) is 14.6. The van der Waals surface area contributed by atoms with Gasteiger partial charge in [0.05, 0.1) is 4.90 Å². The Morgan fingerprint density at radius 3 is 2.13 bits per heavy atom. The van der Waals surface area contributed by atoms with E-state index < -0.39 is 10.0 Å². The number of Topliss-reactive ketones (excluding diaryl/α,β-unsaturated/α-hetero) is 1. The summed E-state index contributed by atoms with van der Waals surface area (Å²) in [5.41, 5.74) is 1.34. The Morgan fingerprint density at radius 1 is 0.967 bits per heavy atom. The third-order valence-corrected chi connectivity index (χ3v) is 6.50. The van der Waals surface area contributed by atoms with Gasteiger partial charge in [0.25, 0.3) is 0 Å². The van der Waals surface area contributed by atoms with Crippen LogP contribution in [-0.4, -0.2) is 57.7 Å². The average molecular weight is 434 g/mol. The molecule has 3 rings (SSSR count). The number of anilines is 1. The number of sulfonamides is 1. The zero-order valence-electron chi connectivity index (χ0n) is 16.7. The van der Waals surface area contributed by atoms with Crippen LogP contribution in [-0.2, 0) is 14.8 Å². The fraction of sp³-hybridized carbons (Fsp3) is 0.333. The van der Waals surface area contributed by atoms with Crippen LogP contribution in [0.5, 0.6) is 0 Å². The molecule has 1 heterocycles. The van der Waals surface area contributed by atoms with Gasteiger partial charge in [-0.3, -0.25) is 9.59 Å². The van der Waals surface area contributed by atoms with Gasteiger partial charge in [0.1, 0.15) is 5.82 Å². The maximum Gasteiger partial charge on any atom is 0.240 e. The van der Waals surface area contributed by atoms with Crippen LogP contribution in [0.1, 0.15) is 23.7 Å². The second kappa shape index (κ2) is 9.36. The number of carbonyl (C=O) groups excluding carboxylic acids is 2. The highest BCUT2D eigenvalue weighted by atomic mass is 32.2. The minimum absolute atomic E-state index is 0.00615. The van der Waals surface area contributed by atoms with E-state index in [1.54, 1.807) is 17.0 Å². The summed E-state index contributed by atoms with van der Waals surface area (Å²) < 4.78 is 40.2. The first-order valence-corrected chi connectivity index (χ1v) is 11.1. The Labute approximate surface area is 175 Å². The van der Waals surface area contributed by atoms with E-state index in [2.05, 4.69) is 9.62 Å². The monoisotopic (exact) mass is 433 g/mol. The lowest BCUT2D eigenvalue weighted by molar-refractivity contribution is -0.131. The van der Waals surface area contributed by atoms with Gasteiger partial charge >= 0.3 is 0 Å². The molecule has 0 unspecified atom stereocenters. The molecular weight excluding hydrogens is 409 g/mol. The highest BCUT2D eigenvalue weighted by molar-refractivity contribution is 7.89. The number of nitrogens with one attached hydrogen (secondary N) is 1. The zero-order valence-corrected chi connectivity index (χ0v) is 17.5. The van der Waals surface area contributed by atoms with Gasteiger partial charge in [-0.15, -0.1) is 0 Å². The Hall–Kier alpha value is -2.78. The van der Waals surface area contributed by atoms with E-state index in [0.717, 1.165) is 5.69 Å². The summed E-state index contributed by atoms with van der Waals surface area (Å²) in [6, 6.07) is 11.9. The number of halogens is 1. The SMILES string of the molecule is CC(=O)c1ccc(S(=O)(=O)NCCC(=O)N2CCN(c3ccc(F)cc3)CC2)cc1. The van der Waals surface area contributed by atoms with Crippen LogP contribution in [0.25, 0.3) is 0 Å². The van der Waals surface area contributed by atoms with Crippen LogP contribution in [0.3, 0.4) is 0 Å². The Morgan fingerprint density at radius 2 is 1.57 bits per heavy atom. The number of amides is 1. The molecule has 0 aliphatic carbocycles. The van der Waals surface area contributed by atoms with Gasteiger partial charge in [0.2, 0.25) is 15.9 Å². The van der Waals surface area contributed by atoms with E-state index in [-0.39, 0.29) is 35.4 Å². The fourth-order valence-corrected chi connectivity index (χ4v) is 4.30. The van der Waals surface area contributed by atoms with Crippen LogP contribution in [0.4, 0.5) is 10.1 Å². The van der Waals surface area contributed by atoms with Crippen LogP contribution < -0.4 is 9.62 Å².